The summed E-state index contributed by atoms with van der Waals surface area (Å²) < 4.78 is 2.23. The number of rotatable bonds is 6. The van der Waals surface area contributed by atoms with Crippen LogP contribution >= 0.6 is 11.3 Å². The topological polar surface area (TPSA) is 46.0 Å². The molecule has 1 aliphatic heterocycles. The van der Waals surface area contributed by atoms with Crippen molar-refractivity contribution in [2.75, 3.05) is 13.1 Å². The minimum Gasteiger partial charge on any atom is -0.333 e. The maximum absolute atomic E-state index is 4.73. The Morgan fingerprint density at radius 1 is 1.38 bits per heavy atom. The number of thiazole rings is 1. The Labute approximate surface area is 130 Å². The number of nitrogens with zero attached hydrogens (tertiary/aromatic N) is 4. The van der Waals surface area contributed by atoms with Gasteiger partial charge in [-0.1, -0.05) is 13.8 Å². The summed E-state index contributed by atoms with van der Waals surface area (Å²) in [4.78, 5) is 11.6. The van der Waals surface area contributed by atoms with E-state index < -0.39 is 0 Å². The molecule has 2 aromatic heterocycles. The first-order valence-corrected chi connectivity index (χ1v) is 8.45. The highest BCUT2D eigenvalue weighted by Gasteiger charge is 2.17. The number of nitrogens with one attached hydrogen (secondary N) is 1. The maximum Gasteiger partial charge on any atom is 0.122 e. The Hall–Kier alpha value is -1.24. The summed E-state index contributed by atoms with van der Waals surface area (Å²) in [5.41, 5.74) is 1.18. The molecule has 0 amide bonds. The lowest BCUT2D eigenvalue weighted by Gasteiger charge is -2.26. The second-order valence-electron chi connectivity index (χ2n) is 6.00. The van der Waals surface area contributed by atoms with Gasteiger partial charge < -0.3 is 9.88 Å². The predicted molar refractivity (Wildman–Crippen MR) is 85.0 cm³/mol. The summed E-state index contributed by atoms with van der Waals surface area (Å²) in [7, 11) is 0. The molecule has 0 bridgehead atoms. The first kappa shape index (κ1) is 14.7. The van der Waals surface area contributed by atoms with Crippen LogP contribution in [0.1, 0.15) is 30.4 Å². The van der Waals surface area contributed by atoms with E-state index in [2.05, 4.69) is 45.2 Å². The smallest absolute Gasteiger partial charge is 0.122 e. The molecule has 1 aliphatic rings. The van der Waals surface area contributed by atoms with Crippen LogP contribution in [0.5, 0.6) is 0 Å². The van der Waals surface area contributed by atoms with E-state index in [1.807, 2.05) is 6.20 Å². The second-order valence-corrected chi connectivity index (χ2v) is 6.95. The van der Waals surface area contributed by atoms with Crippen molar-refractivity contribution >= 4 is 11.3 Å². The van der Waals surface area contributed by atoms with Crippen molar-refractivity contribution in [1.29, 1.82) is 0 Å². The van der Waals surface area contributed by atoms with E-state index in [-0.39, 0.29) is 0 Å². The van der Waals surface area contributed by atoms with Crippen molar-refractivity contribution in [1.82, 2.24) is 24.8 Å². The van der Waals surface area contributed by atoms with Gasteiger partial charge in [-0.3, -0.25) is 4.90 Å². The molecule has 21 heavy (non-hydrogen) atoms. The molecule has 2 aromatic rings. The van der Waals surface area contributed by atoms with Crippen LogP contribution in [0.25, 0.3) is 0 Å². The van der Waals surface area contributed by atoms with Gasteiger partial charge in [0.15, 0.2) is 0 Å². The molecule has 0 unspecified atom stereocenters. The van der Waals surface area contributed by atoms with Crippen molar-refractivity contribution in [3.05, 3.63) is 34.3 Å². The Morgan fingerprint density at radius 3 is 3.14 bits per heavy atom. The Morgan fingerprint density at radius 2 is 2.29 bits per heavy atom. The van der Waals surface area contributed by atoms with Gasteiger partial charge in [0.2, 0.25) is 0 Å². The fourth-order valence-corrected chi connectivity index (χ4v) is 3.31. The zero-order valence-corrected chi connectivity index (χ0v) is 13.6. The molecule has 6 heteroatoms. The van der Waals surface area contributed by atoms with Crippen LogP contribution in [-0.2, 0) is 26.2 Å². The highest BCUT2D eigenvalue weighted by Crippen LogP contribution is 2.16. The van der Waals surface area contributed by atoms with Crippen LogP contribution in [0.4, 0.5) is 0 Å². The molecule has 3 rings (SSSR count). The van der Waals surface area contributed by atoms with Crippen molar-refractivity contribution in [3.8, 4) is 0 Å². The third-order valence-corrected chi connectivity index (χ3v) is 4.54. The third kappa shape index (κ3) is 3.90. The molecule has 5 nitrogen and oxygen atoms in total. The summed E-state index contributed by atoms with van der Waals surface area (Å²) in [6.07, 6.45) is 3.95. The van der Waals surface area contributed by atoms with Gasteiger partial charge in [-0.15, -0.1) is 11.3 Å². The van der Waals surface area contributed by atoms with Gasteiger partial charge in [0.05, 0.1) is 12.2 Å². The average molecular weight is 305 g/mol. The van der Waals surface area contributed by atoms with Crippen LogP contribution in [0.15, 0.2) is 17.8 Å². The van der Waals surface area contributed by atoms with E-state index in [0.717, 1.165) is 45.1 Å². The zero-order valence-electron chi connectivity index (χ0n) is 12.7. The van der Waals surface area contributed by atoms with E-state index in [1.165, 1.54) is 10.7 Å². The van der Waals surface area contributed by atoms with Gasteiger partial charge in [0, 0.05) is 44.0 Å². The lowest BCUT2D eigenvalue weighted by atomic mass is 10.2. The monoisotopic (exact) mass is 305 g/mol. The number of hydrogen-bond donors (Lipinski definition) is 1. The number of aromatic nitrogens is 3. The molecule has 0 atom stereocenters. The average Bonchev–Trinajstić information content (AvgIpc) is 3.07. The molecule has 0 saturated heterocycles. The van der Waals surface area contributed by atoms with Crippen molar-refractivity contribution in [3.63, 3.8) is 0 Å². The molecule has 1 N–H and O–H groups in total. The van der Waals surface area contributed by atoms with Gasteiger partial charge in [-0.2, -0.15) is 0 Å². The Balaban J connectivity index is 1.51. The highest BCUT2D eigenvalue weighted by atomic mass is 32.1. The van der Waals surface area contributed by atoms with Crippen LogP contribution in [0.2, 0.25) is 0 Å². The maximum atomic E-state index is 4.73. The fraction of sp³-hybridized carbons (Fsp3) is 0.600. The van der Waals surface area contributed by atoms with E-state index in [4.69, 9.17) is 4.98 Å². The minimum absolute atomic E-state index is 0.682. The molecule has 0 aromatic carbocycles. The van der Waals surface area contributed by atoms with Gasteiger partial charge in [0.1, 0.15) is 10.8 Å². The van der Waals surface area contributed by atoms with Crippen molar-refractivity contribution < 1.29 is 0 Å². The number of imidazole rings is 1. The highest BCUT2D eigenvalue weighted by molar-refractivity contribution is 7.09. The molecule has 0 radical (unpaired) electrons. The SMILES string of the molecule is CC(C)CNCc1nc(CN2CCn3ccnc3C2)cs1. The molecular formula is C15H23N5S. The second kappa shape index (κ2) is 6.68. The number of hydrogen-bond acceptors (Lipinski definition) is 5. The number of fused-ring (bicyclic) bond motifs is 1. The molecule has 114 valence electrons. The first-order valence-electron chi connectivity index (χ1n) is 7.57. The quantitative estimate of drug-likeness (QED) is 0.888. The fourth-order valence-electron chi connectivity index (χ4n) is 2.56. The zero-order chi connectivity index (χ0) is 14.7. The van der Waals surface area contributed by atoms with Crippen molar-refractivity contribution in [2.24, 2.45) is 5.92 Å². The molecule has 0 spiro atoms. The largest absolute Gasteiger partial charge is 0.333 e. The van der Waals surface area contributed by atoms with Crippen LogP contribution in [-0.4, -0.2) is 32.5 Å². The molecular weight excluding hydrogens is 282 g/mol. The van der Waals surface area contributed by atoms with Gasteiger partial charge in [-0.25, -0.2) is 9.97 Å². The summed E-state index contributed by atoms with van der Waals surface area (Å²) in [6, 6.07) is 0. The Kier molecular flexibility index (Phi) is 4.67. The van der Waals surface area contributed by atoms with Crippen LogP contribution in [0.3, 0.4) is 0 Å². The molecule has 0 saturated carbocycles. The first-order chi connectivity index (χ1) is 10.2. The summed E-state index contributed by atoms with van der Waals surface area (Å²) >= 11 is 1.76. The summed E-state index contributed by atoms with van der Waals surface area (Å²) in [5.74, 6) is 1.84. The standard InChI is InChI=1S/C15H23N5S/c1-12(2)7-16-8-15-18-13(11-21-15)9-19-5-6-20-4-3-17-14(20)10-19/h3-4,11-12,16H,5-10H2,1-2H3. The Bertz CT molecular complexity index is 574. The predicted octanol–water partition coefficient (Wildman–Crippen LogP) is 2.10. The normalized spacial score (nSPS) is 15.6. The van der Waals surface area contributed by atoms with Gasteiger partial charge in [0.25, 0.3) is 0 Å². The molecule has 0 aliphatic carbocycles. The molecule has 0 fully saturated rings. The minimum atomic E-state index is 0.682. The third-order valence-electron chi connectivity index (χ3n) is 3.64. The van der Waals surface area contributed by atoms with Crippen molar-refractivity contribution in [2.45, 2.75) is 40.0 Å². The van der Waals surface area contributed by atoms with Crippen LogP contribution in [0, 0.1) is 5.92 Å². The molecule has 3 heterocycles. The van der Waals surface area contributed by atoms with E-state index in [0.29, 0.717) is 5.92 Å². The van der Waals surface area contributed by atoms with E-state index in [1.54, 1.807) is 11.3 Å². The van der Waals surface area contributed by atoms with Crippen LogP contribution < -0.4 is 5.32 Å². The summed E-state index contributed by atoms with van der Waals surface area (Å²) in [5, 5.41) is 6.82. The summed E-state index contributed by atoms with van der Waals surface area (Å²) in [6.45, 7) is 10.3. The lowest BCUT2D eigenvalue weighted by molar-refractivity contribution is 0.207. The van der Waals surface area contributed by atoms with Gasteiger partial charge in [-0.05, 0) is 12.5 Å². The van der Waals surface area contributed by atoms with E-state index >= 15 is 0 Å². The van der Waals surface area contributed by atoms with Gasteiger partial charge >= 0.3 is 0 Å². The van der Waals surface area contributed by atoms with E-state index in [9.17, 15) is 0 Å². The lowest BCUT2D eigenvalue weighted by Crippen LogP contribution is -2.33.